The Bertz CT molecular complexity index is 578. The zero-order valence-corrected chi connectivity index (χ0v) is 9.73. The maximum absolute atomic E-state index is 11.7. The summed E-state index contributed by atoms with van der Waals surface area (Å²) in [5, 5.41) is 10.2. The lowest BCUT2D eigenvalue weighted by Gasteiger charge is -2.07. The fourth-order valence-corrected chi connectivity index (χ4v) is 1.67. The summed E-state index contributed by atoms with van der Waals surface area (Å²) < 4.78 is 4.95. The molecule has 1 aromatic heterocycles. The van der Waals surface area contributed by atoms with Crippen LogP contribution in [-0.4, -0.2) is 22.7 Å². The predicted octanol–water partition coefficient (Wildman–Crippen LogP) is 2.43. The summed E-state index contributed by atoms with van der Waals surface area (Å²) in [6.07, 6.45) is 0. The third-order valence-electron chi connectivity index (χ3n) is 2.49. The first-order valence-corrected chi connectivity index (χ1v) is 5.39. The van der Waals surface area contributed by atoms with Crippen LogP contribution >= 0.6 is 0 Å². The summed E-state index contributed by atoms with van der Waals surface area (Å²) in [7, 11) is 0. The number of nitrogens with zero attached hydrogens (tertiary/aromatic N) is 1. The van der Waals surface area contributed by atoms with Gasteiger partial charge in [-0.1, -0.05) is 0 Å². The van der Waals surface area contributed by atoms with Gasteiger partial charge < -0.3 is 9.84 Å². The highest BCUT2D eigenvalue weighted by atomic mass is 16.5. The molecule has 1 heterocycles. The van der Waals surface area contributed by atoms with E-state index in [1.807, 2.05) is 0 Å². The summed E-state index contributed by atoms with van der Waals surface area (Å²) in [4.78, 5) is 15.9. The van der Waals surface area contributed by atoms with E-state index in [0.29, 0.717) is 23.4 Å². The second kappa shape index (κ2) is 4.41. The van der Waals surface area contributed by atoms with Crippen molar-refractivity contribution in [1.82, 2.24) is 4.98 Å². The summed E-state index contributed by atoms with van der Waals surface area (Å²) in [6.45, 7) is 3.85. The Hall–Kier alpha value is -2.10. The van der Waals surface area contributed by atoms with Gasteiger partial charge in [-0.2, -0.15) is 0 Å². The quantitative estimate of drug-likeness (QED) is 0.806. The van der Waals surface area contributed by atoms with Gasteiger partial charge in [-0.05, 0) is 32.0 Å². The van der Waals surface area contributed by atoms with Crippen LogP contribution in [0.5, 0.6) is 5.75 Å². The molecule has 4 heteroatoms. The lowest BCUT2D eigenvalue weighted by Crippen LogP contribution is -2.07. The number of phenols is 1. The molecule has 0 aliphatic carbocycles. The van der Waals surface area contributed by atoms with E-state index in [1.54, 1.807) is 38.1 Å². The third-order valence-corrected chi connectivity index (χ3v) is 2.49. The molecule has 0 radical (unpaired) electrons. The minimum absolute atomic E-state index is 0.160. The molecule has 0 fully saturated rings. The van der Waals surface area contributed by atoms with E-state index < -0.39 is 0 Å². The number of carbonyl (C=O) groups is 1. The maximum Gasteiger partial charge on any atom is 0.339 e. The Kier molecular flexibility index (Phi) is 2.95. The van der Waals surface area contributed by atoms with Crippen molar-refractivity contribution in [3.8, 4) is 5.75 Å². The zero-order chi connectivity index (χ0) is 12.4. The Morgan fingerprint density at radius 1 is 1.41 bits per heavy atom. The summed E-state index contributed by atoms with van der Waals surface area (Å²) in [5.74, 6) is -0.208. The number of fused-ring (bicyclic) bond motifs is 1. The Labute approximate surface area is 98.9 Å². The Morgan fingerprint density at radius 3 is 2.88 bits per heavy atom. The molecule has 4 nitrogen and oxygen atoms in total. The molecule has 0 spiro atoms. The molecular weight excluding hydrogens is 218 g/mol. The molecule has 0 bridgehead atoms. The minimum atomic E-state index is -0.368. The van der Waals surface area contributed by atoms with Crippen LogP contribution in [0.2, 0.25) is 0 Å². The van der Waals surface area contributed by atoms with Gasteiger partial charge in [0.1, 0.15) is 5.75 Å². The molecule has 17 heavy (non-hydrogen) atoms. The number of esters is 1. The Morgan fingerprint density at radius 2 is 2.18 bits per heavy atom. The molecule has 0 saturated heterocycles. The third kappa shape index (κ3) is 2.20. The van der Waals surface area contributed by atoms with Crippen LogP contribution in [0.1, 0.15) is 23.0 Å². The van der Waals surface area contributed by atoms with E-state index in [2.05, 4.69) is 4.98 Å². The van der Waals surface area contributed by atoms with Gasteiger partial charge in [0.15, 0.2) is 0 Å². The van der Waals surface area contributed by atoms with Crippen LogP contribution in [0.3, 0.4) is 0 Å². The number of ether oxygens (including phenoxy) is 1. The van der Waals surface area contributed by atoms with Crippen LogP contribution < -0.4 is 0 Å². The zero-order valence-electron chi connectivity index (χ0n) is 9.73. The van der Waals surface area contributed by atoms with E-state index in [1.165, 1.54) is 0 Å². The van der Waals surface area contributed by atoms with E-state index in [9.17, 15) is 9.90 Å². The number of aromatic hydroxyl groups is 1. The number of hydrogen-bond donors (Lipinski definition) is 1. The largest absolute Gasteiger partial charge is 0.508 e. The van der Waals surface area contributed by atoms with Crippen LogP contribution in [0, 0.1) is 6.92 Å². The average molecular weight is 231 g/mol. The SMILES string of the molecule is CCOC(=O)c1cc2ccc(O)cc2nc1C. The number of hydrogen-bond acceptors (Lipinski definition) is 4. The summed E-state index contributed by atoms with van der Waals surface area (Å²) in [5.41, 5.74) is 1.72. The van der Waals surface area contributed by atoms with E-state index in [-0.39, 0.29) is 11.7 Å². The molecule has 0 atom stereocenters. The number of rotatable bonds is 2. The number of phenolic OH excluding ortho intramolecular Hbond substituents is 1. The van der Waals surface area contributed by atoms with E-state index >= 15 is 0 Å². The highest BCUT2D eigenvalue weighted by molar-refractivity contribution is 5.95. The highest BCUT2D eigenvalue weighted by Crippen LogP contribution is 2.21. The van der Waals surface area contributed by atoms with Crippen molar-refractivity contribution in [3.63, 3.8) is 0 Å². The van der Waals surface area contributed by atoms with E-state index in [4.69, 9.17) is 4.74 Å². The second-order valence-corrected chi connectivity index (χ2v) is 3.72. The molecule has 88 valence electrons. The van der Waals surface area contributed by atoms with Crippen molar-refractivity contribution >= 4 is 16.9 Å². The van der Waals surface area contributed by atoms with Crippen LogP contribution in [-0.2, 0) is 4.74 Å². The van der Waals surface area contributed by atoms with Crippen molar-refractivity contribution < 1.29 is 14.6 Å². The summed E-state index contributed by atoms with van der Waals surface area (Å²) in [6, 6.07) is 6.58. The number of carbonyl (C=O) groups excluding carboxylic acids is 1. The van der Waals surface area contributed by atoms with Gasteiger partial charge in [-0.25, -0.2) is 4.79 Å². The minimum Gasteiger partial charge on any atom is -0.508 e. The molecule has 2 aromatic rings. The molecular formula is C13H13NO3. The van der Waals surface area contributed by atoms with E-state index in [0.717, 1.165) is 5.39 Å². The van der Waals surface area contributed by atoms with Gasteiger partial charge in [0.25, 0.3) is 0 Å². The van der Waals surface area contributed by atoms with Gasteiger partial charge in [-0.15, -0.1) is 0 Å². The van der Waals surface area contributed by atoms with Gasteiger partial charge in [0.2, 0.25) is 0 Å². The van der Waals surface area contributed by atoms with Gasteiger partial charge in [0, 0.05) is 11.5 Å². The first-order valence-electron chi connectivity index (χ1n) is 5.39. The smallest absolute Gasteiger partial charge is 0.339 e. The fraction of sp³-hybridized carbons (Fsp3) is 0.231. The predicted molar refractivity (Wildman–Crippen MR) is 64.1 cm³/mol. The van der Waals surface area contributed by atoms with Crippen molar-refractivity contribution in [1.29, 1.82) is 0 Å². The van der Waals surface area contributed by atoms with Crippen LogP contribution in [0.25, 0.3) is 10.9 Å². The first-order chi connectivity index (χ1) is 8.11. The topological polar surface area (TPSA) is 59.4 Å². The maximum atomic E-state index is 11.7. The molecule has 2 rings (SSSR count). The summed E-state index contributed by atoms with van der Waals surface area (Å²) >= 11 is 0. The standard InChI is InChI=1S/C13H13NO3/c1-3-17-13(16)11-6-9-4-5-10(15)7-12(9)14-8(11)2/h4-7,15H,3H2,1-2H3. The lowest BCUT2D eigenvalue weighted by molar-refractivity contribution is 0.0525. The second-order valence-electron chi connectivity index (χ2n) is 3.72. The van der Waals surface area contributed by atoms with Gasteiger partial charge in [-0.3, -0.25) is 4.98 Å². The molecule has 1 N–H and O–H groups in total. The lowest BCUT2D eigenvalue weighted by atomic mass is 10.1. The first kappa shape index (κ1) is 11.4. The molecule has 1 aromatic carbocycles. The van der Waals surface area contributed by atoms with Crippen LogP contribution in [0.4, 0.5) is 0 Å². The number of aryl methyl sites for hydroxylation is 1. The molecule has 0 saturated carbocycles. The van der Waals surface area contributed by atoms with Crippen LogP contribution in [0.15, 0.2) is 24.3 Å². The van der Waals surface area contributed by atoms with Crippen molar-refractivity contribution in [2.75, 3.05) is 6.61 Å². The molecule has 0 amide bonds. The molecule has 0 aliphatic heterocycles. The molecule has 0 unspecified atom stereocenters. The monoisotopic (exact) mass is 231 g/mol. The molecule has 0 aliphatic rings. The number of pyridine rings is 1. The highest BCUT2D eigenvalue weighted by Gasteiger charge is 2.12. The number of benzene rings is 1. The van der Waals surface area contributed by atoms with Crippen molar-refractivity contribution in [2.45, 2.75) is 13.8 Å². The van der Waals surface area contributed by atoms with Gasteiger partial charge in [0.05, 0.1) is 23.4 Å². The number of aromatic nitrogens is 1. The fourth-order valence-electron chi connectivity index (χ4n) is 1.67. The van der Waals surface area contributed by atoms with Crippen molar-refractivity contribution in [3.05, 3.63) is 35.5 Å². The van der Waals surface area contributed by atoms with Gasteiger partial charge >= 0.3 is 5.97 Å². The normalized spacial score (nSPS) is 10.5. The van der Waals surface area contributed by atoms with Crippen molar-refractivity contribution in [2.24, 2.45) is 0 Å². The Balaban J connectivity index is 2.55. The average Bonchev–Trinajstić information content (AvgIpc) is 2.28.